The van der Waals surface area contributed by atoms with Crippen LogP contribution in [-0.4, -0.2) is 42.2 Å². The molecule has 63 heavy (non-hydrogen) atoms. The maximum absolute atomic E-state index is 14.3. The van der Waals surface area contributed by atoms with E-state index in [1.54, 1.807) is 0 Å². The van der Waals surface area contributed by atoms with Crippen molar-refractivity contribution in [1.82, 2.24) is 15.0 Å². The smallest absolute Gasteiger partial charge is 0.404 e. The Bertz CT molecular complexity index is 3060. The second-order valence-corrected chi connectivity index (χ2v) is 21.3. The molecule has 14 rings (SSSR count). The van der Waals surface area contributed by atoms with Crippen LogP contribution < -0.4 is 14.8 Å². The summed E-state index contributed by atoms with van der Waals surface area (Å²) in [6, 6.07) is 26.6. The third kappa shape index (κ3) is 5.06. The van der Waals surface area contributed by atoms with E-state index in [0.29, 0.717) is 40.8 Å². The number of nitrogens with two attached hydrogens (primary N) is 1. The fraction of sp³-hybridized carbons (Fsp3) is 0.312. The van der Waals surface area contributed by atoms with Crippen LogP contribution in [0.25, 0.3) is 0 Å². The molecule has 5 N–H and O–H groups in total. The third-order valence-corrected chi connectivity index (χ3v) is 17.2. The van der Waals surface area contributed by atoms with Crippen LogP contribution in [0, 0.1) is 0 Å². The number of phosphoric acid groups is 2. The highest BCUT2D eigenvalue weighted by molar-refractivity contribution is 7.47. The van der Waals surface area contributed by atoms with E-state index in [0.717, 1.165) is 35.1 Å². The van der Waals surface area contributed by atoms with E-state index in [9.17, 15) is 28.6 Å². The van der Waals surface area contributed by atoms with Gasteiger partial charge in [0.15, 0.2) is 0 Å². The average molecular weight is 879 g/mol. The Morgan fingerprint density at radius 1 is 0.603 bits per heavy atom. The number of hydrogen-bond acceptors (Lipinski definition) is 8. The topological polar surface area (TPSA) is 196 Å². The molecule has 13 nitrogen and oxygen atoms in total. The fourth-order valence-electron chi connectivity index (χ4n) is 13.8. The van der Waals surface area contributed by atoms with Crippen LogP contribution in [0.15, 0.2) is 79.0 Å². The van der Waals surface area contributed by atoms with Crippen LogP contribution in [-0.2, 0) is 31.4 Å². The van der Waals surface area contributed by atoms with Crippen LogP contribution >= 0.6 is 15.6 Å². The van der Waals surface area contributed by atoms with Gasteiger partial charge in [-0.2, -0.15) is 0 Å². The van der Waals surface area contributed by atoms with Gasteiger partial charge in [-0.25, -0.2) is 13.8 Å². The molecular weight excluding hydrogens is 838 g/mol. The van der Waals surface area contributed by atoms with Gasteiger partial charge in [-0.1, -0.05) is 78.0 Å². The zero-order valence-corrected chi connectivity index (χ0v) is 35.5. The lowest BCUT2D eigenvalue weighted by Gasteiger charge is -2.33. The van der Waals surface area contributed by atoms with Gasteiger partial charge in [0.25, 0.3) is 0 Å². The molecule has 0 saturated carbocycles. The molecule has 8 aliphatic carbocycles. The molecule has 0 radical (unpaired) electrons. The van der Waals surface area contributed by atoms with Gasteiger partial charge in [0.2, 0.25) is 5.91 Å². The number of carbonyl (C=O) groups is 1. The summed E-state index contributed by atoms with van der Waals surface area (Å²) in [6.07, 6.45) is 4.90. The summed E-state index contributed by atoms with van der Waals surface area (Å²) in [4.78, 5) is 44.4. The predicted octanol–water partition coefficient (Wildman–Crippen LogP) is 7.90. The van der Waals surface area contributed by atoms with Gasteiger partial charge in [-0.3, -0.25) is 24.0 Å². The lowest BCUT2D eigenvalue weighted by Crippen LogP contribution is -2.18. The van der Waals surface area contributed by atoms with Gasteiger partial charge in [-0.05, 0) is 92.4 Å². The molecule has 8 aliphatic rings. The number of amides is 1. The maximum Gasteiger partial charge on any atom is 0.527 e. The molecule has 15 heteroatoms. The van der Waals surface area contributed by atoms with Crippen molar-refractivity contribution in [2.75, 3.05) is 6.61 Å². The van der Waals surface area contributed by atoms with Gasteiger partial charge < -0.3 is 14.8 Å². The van der Waals surface area contributed by atoms with E-state index >= 15 is 0 Å². The standard InChI is InChI=1S/C48H40N4O9P2/c49-42(53)20-52-19-21(50-51-52)9-10-59-63(57,58)61-48-45-40-17-38(34-13-30-26-11-28(32(30)15-36(34)40)24-7-3-1-5-22(24)26)43(45)47(60-62(54,55)56)44-39-18-41(46(44)48)37-16-33-29-12-27(31(33)14-35(37)39)23-6-2-4-8-25(23)29/h1-8,13-16,19,26-29,38-41H,9-12,17-18,20H2,(H2,49,53)(H,57,58)(H2,54,55,56)/t26-,27+,28+,29-,38-,39+,40+,41-. The molecule has 6 aromatic rings. The highest BCUT2D eigenvalue weighted by Crippen LogP contribution is 2.73. The van der Waals surface area contributed by atoms with Crippen LogP contribution in [0.4, 0.5) is 0 Å². The number of nitrogens with zero attached hydrogens (tertiary/aromatic N) is 3. The van der Waals surface area contributed by atoms with Crippen molar-refractivity contribution in [2.24, 2.45) is 5.73 Å². The second-order valence-electron chi connectivity index (χ2n) is 18.8. The molecule has 1 heterocycles. The van der Waals surface area contributed by atoms with E-state index < -0.39 is 21.6 Å². The molecule has 0 saturated heterocycles. The van der Waals surface area contributed by atoms with E-state index in [-0.39, 0.29) is 78.4 Å². The number of primary amides is 1. The molecule has 8 bridgehead atoms. The Kier molecular flexibility index (Phi) is 7.31. The molecule has 1 unspecified atom stereocenters. The Labute approximate surface area is 361 Å². The first-order chi connectivity index (χ1) is 30.4. The van der Waals surface area contributed by atoms with Gasteiger partial charge >= 0.3 is 15.6 Å². The summed E-state index contributed by atoms with van der Waals surface area (Å²) in [7, 11) is -9.94. The summed E-state index contributed by atoms with van der Waals surface area (Å²) in [5.74, 6) is -0.0872. The van der Waals surface area contributed by atoms with E-state index in [4.69, 9.17) is 19.3 Å². The van der Waals surface area contributed by atoms with Crippen LogP contribution in [0.2, 0.25) is 0 Å². The van der Waals surface area contributed by atoms with Crippen molar-refractivity contribution in [3.8, 4) is 11.5 Å². The molecule has 5 aromatic carbocycles. The SMILES string of the molecule is NC(=O)Cn1cc(CCOP(=O)(O)Oc2c3c(c(OP(=O)(O)O)c4c2[C@H]2C[C@@H]4c4cc5c(cc42)[C@H]2C[C@@H]5c4ccccc42)[C@H]2C[C@@H]3c3cc4c(cc32)[C@H]2C[C@@H]4c3ccccc32)nn1. The number of hydrogen-bond donors (Lipinski definition) is 4. The van der Waals surface area contributed by atoms with E-state index in [1.807, 2.05) is 0 Å². The van der Waals surface area contributed by atoms with Crippen molar-refractivity contribution in [3.05, 3.63) is 174 Å². The number of carbonyl (C=O) groups excluding carboxylic acids is 1. The van der Waals surface area contributed by atoms with Crippen LogP contribution in [0.3, 0.4) is 0 Å². The van der Waals surface area contributed by atoms with Gasteiger partial charge in [0.05, 0.1) is 12.3 Å². The molecule has 0 fully saturated rings. The summed E-state index contributed by atoms with van der Waals surface area (Å²) in [5, 5.41) is 7.94. The average Bonchev–Trinajstić information content (AvgIpc) is 4.12. The van der Waals surface area contributed by atoms with Crippen molar-refractivity contribution in [3.63, 3.8) is 0 Å². The first kappa shape index (κ1) is 37.0. The number of aromatic nitrogens is 3. The Morgan fingerprint density at radius 3 is 1.38 bits per heavy atom. The minimum atomic E-state index is -5.10. The molecule has 1 amide bonds. The van der Waals surface area contributed by atoms with E-state index in [2.05, 4.69) is 83.1 Å². The van der Waals surface area contributed by atoms with Gasteiger partial charge in [0, 0.05) is 82.2 Å². The van der Waals surface area contributed by atoms with Gasteiger partial charge in [-0.15, -0.1) is 5.10 Å². The minimum absolute atomic E-state index is 0.112. The van der Waals surface area contributed by atoms with Crippen molar-refractivity contribution in [1.29, 1.82) is 0 Å². The number of phosphoric ester groups is 2. The zero-order chi connectivity index (χ0) is 42.4. The summed E-state index contributed by atoms with van der Waals surface area (Å²) in [6.45, 7) is -0.387. The molecule has 316 valence electrons. The Morgan fingerprint density at radius 2 is 0.984 bits per heavy atom. The monoisotopic (exact) mass is 878 g/mol. The normalized spacial score (nSPS) is 26.7. The van der Waals surface area contributed by atoms with Crippen molar-refractivity contribution < 1.29 is 42.2 Å². The fourth-order valence-corrected chi connectivity index (χ4v) is 15.1. The Hall–Kier alpha value is -5.39. The molecule has 1 aromatic heterocycles. The maximum atomic E-state index is 14.3. The Balaban J connectivity index is 0.914. The van der Waals surface area contributed by atoms with E-state index in [1.165, 1.54) is 55.4 Å². The lowest BCUT2D eigenvalue weighted by atomic mass is 9.74. The minimum Gasteiger partial charge on any atom is -0.404 e. The first-order valence-electron chi connectivity index (χ1n) is 21.7. The molecular formula is C48H40N4O9P2. The first-order valence-corrected chi connectivity index (χ1v) is 24.8. The quantitative estimate of drug-likeness (QED) is 0.0977. The zero-order valence-electron chi connectivity index (χ0n) is 33.7. The summed E-state index contributed by atoms with van der Waals surface area (Å²) in [5.41, 5.74) is 23.4. The second kappa shape index (κ2) is 12.4. The lowest BCUT2D eigenvalue weighted by molar-refractivity contribution is -0.118. The summed E-state index contributed by atoms with van der Waals surface area (Å²) < 4.78 is 46.7. The predicted molar refractivity (Wildman–Crippen MR) is 227 cm³/mol. The largest absolute Gasteiger partial charge is 0.527 e. The number of rotatable bonds is 10. The number of benzene rings is 5. The third-order valence-electron chi connectivity index (χ3n) is 15.8. The summed E-state index contributed by atoms with van der Waals surface area (Å²) >= 11 is 0. The van der Waals surface area contributed by atoms with Crippen LogP contribution in [0.5, 0.6) is 11.5 Å². The number of fused-ring (bicyclic) bond motifs is 32. The van der Waals surface area contributed by atoms with Crippen molar-refractivity contribution >= 4 is 21.6 Å². The molecule has 0 aliphatic heterocycles. The highest BCUT2D eigenvalue weighted by atomic mass is 31.2. The highest BCUT2D eigenvalue weighted by Gasteiger charge is 2.56. The molecule has 9 atom stereocenters. The van der Waals surface area contributed by atoms with Crippen LogP contribution in [0.1, 0.15) is 168 Å². The van der Waals surface area contributed by atoms with Crippen molar-refractivity contribution in [2.45, 2.75) is 86.0 Å². The molecule has 0 spiro atoms. The van der Waals surface area contributed by atoms with Gasteiger partial charge in [0.1, 0.15) is 18.0 Å².